The van der Waals surface area contributed by atoms with E-state index in [0.717, 1.165) is 22.9 Å². The number of benzene rings is 1. The van der Waals surface area contributed by atoms with Gasteiger partial charge in [-0.3, -0.25) is 14.8 Å². The lowest BCUT2D eigenvalue weighted by Crippen LogP contribution is -2.28. The van der Waals surface area contributed by atoms with Gasteiger partial charge in [-0.2, -0.15) is 5.10 Å². The Morgan fingerprint density at radius 1 is 1.36 bits per heavy atom. The number of fused-ring (bicyclic) bond motifs is 1. The van der Waals surface area contributed by atoms with Crippen LogP contribution in [0.2, 0.25) is 0 Å². The highest BCUT2D eigenvalue weighted by molar-refractivity contribution is 6.15. The summed E-state index contributed by atoms with van der Waals surface area (Å²) in [6, 6.07) is 5.60. The second-order valence-electron chi connectivity index (χ2n) is 6.70. The van der Waals surface area contributed by atoms with Crippen LogP contribution in [-0.2, 0) is 11.8 Å². The maximum atomic E-state index is 12.1. The van der Waals surface area contributed by atoms with E-state index >= 15 is 0 Å². The van der Waals surface area contributed by atoms with E-state index in [1.54, 1.807) is 10.8 Å². The molecular weight excluding hydrogens is 318 g/mol. The van der Waals surface area contributed by atoms with Gasteiger partial charge in [0.15, 0.2) is 0 Å². The van der Waals surface area contributed by atoms with Crippen molar-refractivity contribution in [2.24, 2.45) is 18.0 Å². The Morgan fingerprint density at radius 2 is 2.16 bits per heavy atom. The predicted octanol–water partition coefficient (Wildman–Crippen LogP) is 1.40. The largest absolute Gasteiger partial charge is 0.394 e. The molecule has 25 heavy (non-hydrogen) atoms. The van der Waals surface area contributed by atoms with Crippen molar-refractivity contribution in [3.8, 4) is 0 Å². The van der Waals surface area contributed by atoms with E-state index in [4.69, 9.17) is 0 Å². The van der Waals surface area contributed by atoms with Crippen molar-refractivity contribution in [3.63, 3.8) is 0 Å². The summed E-state index contributed by atoms with van der Waals surface area (Å²) in [5.74, 6) is 0.574. The van der Waals surface area contributed by atoms with Gasteiger partial charge in [-0.1, -0.05) is 19.9 Å². The van der Waals surface area contributed by atoms with Crippen molar-refractivity contribution in [1.29, 1.82) is 0 Å². The Bertz CT molecular complexity index is 850. The summed E-state index contributed by atoms with van der Waals surface area (Å²) < 4.78 is 1.76. The summed E-state index contributed by atoms with van der Waals surface area (Å²) >= 11 is 0. The van der Waals surface area contributed by atoms with Crippen LogP contribution in [0.1, 0.15) is 25.8 Å². The molecule has 0 saturated carbocycles. The molecule has 1 aliphatic rings. The van der Waals surface area contributed by atoms with Gasteiger partial charge in [-0.15, -0.1) is 0 Å². The van der Waals surface area contributed by atoms with Crippen molar-refractivity contribution in [3.05, 3.63) is 35.7 Å². The van der Waals surface area contributed by atoms with Crippen LogP contribution in [0.15, 0.2) is 35.1 Å². The Hall–Kier alpha value is -2.67. The Kier molecular flexibility index (Phi) is 4.85. The SMILES string of the molecule is CC(C)C[C@H](CO)N=C1NC(=O)/C(=C/c2ccc3nn(C)cc3c2)N1. The minimum Gasteiger partial charge on any atom is -0.394 e. The van der Waals surface area contributed by atoms with Crippen molar-refractivity contribution < 1.29 is 9.90 Å². The van der Waals surface area contributed by atoms with E-state index in [1.807, 2.05) is 31.4 Å². The van der Waals surface area contributed by atoms with E-state index in [-0.39, 0.29) is 18.6 Å². The number of rotatable bonds is 5. The number of aliphatic hydroxyl groups is 1. The number of amides is 1. The number of aliphatic hydroxyl groups excluding tert-OH is 1. The zero-order valence-corrected chi connectivity index (χ0v) is 14.7. The maximum Gasteiger partial charge on any atom is 0.274 e. The summed E-state index contributed by atoms with van der Waals surface area (Å²) in [5, 5.41) is 20.5. The summed E-state index contributed by atoms with van der Waals surface area (Å²) in [6.45, 7) is 4.10. The molecule has 0 radical (unpaired) electrons. The van der Waals surface area contributed by atoms with Crippen molar-refractivity contribution >= 4 is 28.8 Å². The van der Waals surface area contributed by atoms with Crippen molar-refractivity contribution in [1.82, 2.24) is 20.4 Å². The quantitative estimate of drug-likeness (QED) is 0.717. The number of nitrogens with zero attached hydrogens (tertiary/aromatic N) is 3. The molecule has 7 heteroatoms. The molecule has 1 fully saturated rings. The van der Waals surface area contributed by atoms with Gasteiger partial charge in [0.2, 0.25) is 5.96 Å². The van der Waals surface area contributed by atoms with Gasteiger partial charge in [0.1, 0.15) is 5.70 Å². The van der Waals surface area contributed by atoms with E-state index in [1.165, 1.54) is 0 Å². The smallest absolute Gasteiger partial charge is 0.274 e. The Labute approximate surface area is 146 Å². The first-order chi connectivity index (χ1) is 11.9. The third-order valence-corrected chi connectivity index (χ3v) is 3.95. The number of carbonyl (C=O) groups excluding carboxylic acids is 1. The molecule has 3 N–H and O–H groups in total. The zero-order valence-electron chi connectivity index (χ0n) is 14.7. The Balaban J connectivity index is 1.80. The monoisotopic (exact) mass is 341 g/mol. The summed E-state index contributed by atoms with van der Waals surface area (Å²) in [7, 11) is 1.88. The lowest BCUT2D eigenvalue weighted by atomic mass is 10.1. The molecule has 2 aromatic rings. The first-order valence-corrected chi connectivity index (χ1v) is 8.36. The van der Waals surface area contributed by atoms with E-state index in [9.17, 15) is 9.90 Å². The third-order valence-electron chi connectivity index (χ3n) is 3.95. The number of aliphatic imine (C=N–C) groups is 1. The topological polar surface area (TPSA) is 91.5 Å². The number of hydrogen-bond donors (Lipinski definition) is 3. The molecule has 1 aromatic heterocycles. The van der Waals surface area contributed by atoms with Gasteiger partial charge in [-0.25, -0.2) is 4.99 Å². The standard InChI is InChI=1S/C18H23N5O2/c1-11(2)6-14(10-24)19-18-20-16(17(25)21-18)8-12-4-5-15-13(7-12)9-23(3)22-15/h4-5,7-9,11,14,24H,6,10H2,1-3H3,(H2,19,20,21,25)/b16-8-/t14-/m1/s1. The lowest BCUT2D eigenvalue weighted by Gasteiger charge is -2.12. The fourth-order valence-electron chi connectivity index (χ4n) is 2.88. The maximum absolute atomic E-state index is 12.1. The molecule has 1 aliphatic heterocycles. The third kappa shape index (κ3) is 4.06. The van der Waals surface area contributed by atoms with Gasteiger partial charge >= 0.3 is 0 Å². The summed E-state index contributed by atoms with van der Waals surface area (Å²) in [6.07, 6.45) is 4.47. The molecule has 1 saturated heterocycles. The highest BCUT2D eigenvalue weighted by Crippen LogP contribution is 2.17. The fraction of sp³-hybridized carbons (Fsp3) is 0.389. The average molecular weight is 341 g/mol. The molecule has 2 heterocycles. The number of hydrogen-bond acceptors (Lipinski definition) is 4. The van der Waals surface area contributed by atoms with Crippen LogP contribution < -0.4 is 10.6 Å². The van der Waals surface area contributed by atoms with Gasteiger partial charge in [0.05, 0.1) is 18.2 Å². The minimum atomic E-state index is -0.230. The van der Waals surface area contributed by atoms with Gasteiger partial charge in [0, 0.05) is 18.6 Å². The second-order valence-corrected chi connectivity index (χ2v) is 6.70. The van der Waals surface area contributed by atoms with Crippen LogP contribution in [0.25, 0.3) is 17.0 Å². The first kappa shape index (κ1) is 17.2. The average Bonchev–Trinajstić information content (AvgIpc) is 3.07. The number of aryl methyl sites for hydroxylation is 1. The molecule has 0 aliphatic carbocycles. The van der Waals surface area contributed by atoms with Gasteiger partial charge in [0.25, 0.3) is 5.91 Å². The van der Waals surface area contributed by atoms with Crippen LogP contribution in [-0.4, -0.2) is 39.4 Å². The molecule has 0 bridgehead atoms. The zero-order chi connectivity index (χ0) is 18.0. The van der Waals surface area contributed by atoms with Crippen LogP contribution in [0.3, 0.4) is 0 Å². The van der Waals surface area contributed by atoms with Crippen LogP contribution in [0.4, 0.5) is 0 Å². The molecule has 0 spiro atoms. The van der Waals surface area contributed by atoms with E-state index in [0.29, 0.717) is 17.6 Å². The van der Waals surface area contributed by atoms with Gasteiger partial charge < -0.3 is 10.4 Å². The summed E-state index contributed by atoms with van der Waals surface area (Å²) in [4.78, 5) is 16.5. The highest BCUT2D eigenvalue weighted by Gasteiger charge is 2.23. The number of aromatic nitrogens is 2. The summed E-state index contributed by atoms with van der Waals surface area (Å²) in [5.41, 5.74) is 2.25. The first-order valence-electron chi connectivity index (χ1n) is 8.36. The highest BCUT2D eigenvalue weighted by atomic mass is 16.3. The van der Waals surface area contributed by atoms with E-state index in [2.05, 4.69) is 34.6 Å². The fourth-order valence-corrected chi connectivity index (χ4v) is 2.88. The number of carbonyl (C=O) groups is 1. The Morgan fingerprint density at radius 3 is 2.88 bits per heavy atom. The van der Waals surface area contributed by atoms with Crippen molar-refractivity contribution in [2.45, 2.75) is 26.3 Å². The predicted molar refractivity (Wildman–Crippen MR) is 97.7 cm³/mol. The molecule has 1 aromatic carbocycles. The molecule has 3 rings (SSSR count). The number of nitrogens with one attached hydrogen (secondary N) is 2. The molecule has 132 valence electrons. The van der Waals surface area contributed by atoms with Crippen molar-refractivity contribution in [2.75, 3.05) is 6.61 Å². The molecule has 1 atom stereocenters. The number of guanidine groups is 1. The molecule has 7 nitrogen and oxygen atoms in total. The minimum absolute atomic E-state index is 0.0457. The van der Waals surface area contributed by atoms with Gasteiger partial charge in [-0.05, 0) is 36.1 Å². The van der Waals surface area contributed by atoms with Crippen LogP contribution in [0, 0.1) is 5.92 Å². The normalized spacial score (nSPS) is 19.0. The molecule has 0 unspecified atom stereocenters. The van der Waals surface area contributed by atoms with E-state index < -0.39 is 0 Å². The molecule has 1 amide bonds. The van der Waals surface area contributed by atoms with Crippen LogP contribution >= 0.6 is 0 Å². The second kappa shape index (κ2) is 7.06. The van der Waals surface area contributed by atoms with Crippen LogP contribution in [0.5, 0.6) is 0 Å². The molecular formula is C18H23N5O2. The lowest BCUT2D eigenvalue weighted by molar-refractivity contribution is -0.115.